The molecule has 3 aromatic rings. The van der Waals surface area contributed by atoms with Crippen molar-refractivity contribution in [1.82, 2.24) is 14.8 Å². The number of halogens is 5. The lowest BCUT2D eigenvalue weighted by Gasteiger charge is -2.09. The van der Waals surface area contributed by atoms with E-state index in [1.54, 1.807) is 6.92 Å². The van der Waals surface area contributed by atoms with Gasteiger partial charge in [0.15, 0.2) is 5.82 Å². The molecule has 1 aromatic carbocycles. The van der Waals surface area contributed by atoms with Gasteiger partial charge >= 0.3 is 12.8 Å². The third-order valence-corrected chi connectivity index (χ3v) is 3.88. The van der Waals surface area contributed by atoms with Crippen molar-refractivity contribution in [3.05, 3.63) is 65.6 Å². The molecule has 152 valence electrons. The first-order valence-electron chi connectivity index (χ1n) is 8.09. The van der Waals surface area contributed by atoms with Crippen molar-refractivity contribution in [1.29, 1.82) is 0 Å². The molecule has 0 fully saturated rings. The molecule has 1 N–H and O–H groups in total. The normalized spacial score (nSPS) is 11.6. The molecule has 2 aromatic heterocycles. The summed E-state index contributed by atoms with van der Waals surface area (Å²) < 4.78 is 67.7. The third kappa shape index (κ3) is 4.68. The summed E-state index contributed by atoms with van der Waals surface area (Å²) in [4.78, 5) is 16.2. The SMILES string of the molecule is Cc1c(C(=O)Nc2ccc(OC(F)F)cc2)cnn1-c1ccc(C(F)(F)F)cn1. The second kappa shape index (κ2) is 7.86. The van der Waals surface area contributed by atoms with Crippen molar-refractivity contribution in [3.63, 3.8) is 0 Å². The Morgan fingerprint density at radius 1 is 1.10 bits per heavy atom. The number of anilines is 1. The van der Waals surface area contributed by atoms with Gasteiger partial charge in [0.05, 0.1) is 23.0 Å². The molecule has 3 rings (SSSR count). The monoisotopic (exact) mass is 412 g/mol. The van der Waals surface area contributed by atoms with Crippen LogP contribution in [-0.2, 0) is 6.18 Å². The van der Waals surface area contributed by atoms with Crippen molar-refractivity contribution in [2.75, 3.05) is 5.32 Å². The molecule has 0 atom stereocenters. The van der Waals surface area contributed by atoms with Crippen LogP contribution in [0.1, 0.15) is 21.6 Å². The zero-order valence-electron chi connectivity index (χ0n) is 14.7. The van der Waals surface area contributed by atoms with Crippen molar-refractivity contribution in [2.24, 2.45) is 0 Å². The van der Waals surface area contributed by atoms with E-state index in [0.29, 0.717) is 17.6 Å². The number of nitrogens with one attached hydrogen (secondary N) is 1. The number of rotatable bonds is 5. The first-order chi connectivity index (χ1) is 13.6. The van der Waals surface area contributed by atoms with Crippen LogP contribution < -0.4 is 10.1 Å². The number of aromatic nitrogens is 3. The number of hydrogen-bond donors (Lipinski definition) is 1. The summed E-state index contributed by atoms with van der Waals surface area (Å²) in [6.45, 7) is -1.40. The maximum absolute atomic E-state index is 12.6. The van der Waals surface area contributed by atoms with Gasteiger partial charge in [0.25, 0.3) is 5.91 Å². The molecule has 0 radical (unpaired) electrons. The van der Waals surface area contributed by atoms with E-state index in [1.807, 2.05) is 0 Å². The highest BCUT2D eigenvalue weighted by Gasteiger charge is 2.30. The molecule has 6 nitrogen and oxygen atoms in total. The maximum atomic E-state index is 12.6. The maximum Gasteiger partial charge on any atom is 0.417 e. The average molecular weight is 412 g/mol. The summed E-state index contributed by atoms with van der Waals surface area (Å²) in [5.74, 6) is -0.485. The predicted octanol–water partition coefficient (Wildman–Crippen LogP) is 4.45. The lowest BCUT2D eigenvalue weighted by molar-refractivity contribution is -0.137. The standard InChI is InChI=1S/C18H13F5N4O2/c1-10-14(16(28)26-12-3-5-13(6-4-12)29-17(19)20)9-25-27(10)15-7-2-11(8-24-15)18(21,22)23/h2-9,17H,1H3,(H,26,28). The molecule has 0 aliphatic heterocycles. The first kappa shape index (κ1) is 20.2. The predicted molar refractivity (Wildman–Crippen MR) is 92.1 cm³/mol. The fraction of sp³-hybridized carbons (Fsp3) is 0.167. The van der Waals surface area contributed by atoms with Crippen LogP contribution in [-0.4, -0.2) is 27.3 Å². The number of benzene rings is 1. The summed E-state index contributed by atoms with van der Waals surface area (Å²) in [7, 11) is 0. The molecule has 11 heteroatoms. The van der Waals surface area contributed by atoms with Crippen molar-refractivity contribution >= 4 is 11.6 Å². The van der Waals surface area contributed by atoms with Gasteiger partial charge in [-0.15, -0.1) is 0 Å². The van der Waals surface area contributed by atoms with E-state index < -0.39 is 24.3 Å². The molecule has 0 aliphatic rings. The Bertz CT molecular complexity index is 999. The van der Waals surface area contributed by atoms with Gasteiger partial charge in [-0.1, -0.05) is 0 Å². The molecular weight excluding hydrogens is 399 g/mol. The number of nitrogens with zero attached hydrogens (tertiary/aromatic N) is 3. The molecule has 0 aliphatic carbocycles. The summed E-state index contributed by atoms with van der Waals surface area (Å²) in [6.07, 6.45) is -2.58. The highest BCUT2D eigenvalue weighted by Crippen LogP contribution is 2.29. The number of hydrogen-bond acceptors (Lipinski definition) is 4. The minimum Gasteiger partial charge on any atom is -0.435 e. The Labute approximate surface area is 160 Å². The zero-order valence-corrected chi connectivity index (χ0v) is 14.7. The summed E-state index contributed by atoms with van der Waals surface area (Å²) in [5.41, 5.74) is -0.0493. The topological polar surface area (TPSA) is 69.0 Å². The van der Waals surface area contributed by atoms with E-state index in [4.69, 9.17) is 0 Å². The Kier molecular flexibility index (Phi) is 5.48. The first-order valence-corrected chi connectivity index (χ1v) is 8.09. The van der Waals surface area contributed by atoms with E-state index in [0.717, 1.165) is 12.1 Å². The molecular formula is C18H13F5N4O2. The van der Waals surface area contributed by atoms with E-state index in [2.05, 4.69) is 20.1 Å². The molecule has 0 unspecified atom stereocenters. The molecule has 0 bridgehead atoms. The van der Waals surface area contributed by atoms with E-state index >= 15 is 0 Å². The van der Waals surface area contributed by atoms with Crippen molar-refractivity contribution in [3.8, 4) is 11.6 Å². The number of ether oxygens (including phenoxy) is 1. The Morgan fingerprint density at radius 2 is 1.79 bits per heavy atom. The van der Waals surface area contributed by atoms with E-state index in [-0.39, 0.29) is 17.1 Å². The zero-order chi connectivity index (χ0) is 21.2. The van der Waals surface area contributed by atoms with Crippen LogP contribution in [0.4, 0.5) is 27.6 Å². The van der Waals surface area contributed by atoms with Gasteiger partial charge in [-0.25, -0.2) is 9.67 Å². The number of carbonyl (C=O) groups excluding carboxylic acids is 1. The quantitative estimate of drug-likeness (QED) is 0.629. The second-order valence-corrected chi connectivity index (χ2v) is 5.82. The molecule has 2 heterocycles. The summed E-state index contributed by atoms with van der Waals surface area (Å²) in [6, 6.07) is 7.31. The van der Waals surface area contributed by atoms with Crippen molar-refractivity contribution < 1.29 is 31.5 Å². The fourth-order valence-corrected chi connectivity index (χ4v) is 2.46. The number of carbonyl (C=O) groups is 1. The Morgan fingerprint density at radius 3 is 2.34 bits per heavy atom. The highest BCUT2D eigenvalue weighted by atomic mass is 19.4. The minimum atomic E-state index is -4.51. The number of alkyl halides is 5. The third-order valence-electron chi connectivity index (χ3n) is 3.88. The van der Waals surface area contributed by atoms with Crippen LogP contribution in [0.15, 0.2) is 48.8 Å². The molecule has 0 saturated carbocycles. The van der Waals surface area contributed by atoms with Crippen LogP contribution in [0.25, 0.3) is 5.82 Å². The molecule has 1 amide bonds. The van der Waals surface area contributed by atoms with Gasteiger partial charge in [0, 0.05) is 11.9 Å². The van der Waals surface area contributed by atoms with Gasteiger partial charge in [0.2, 0.25) is 0 Å². The molecule has 0 saturated heterocycles. The smallest absolute Gasteiger partial charge is 0.417 e. The molecule has 29 heavy (non-hydrogen) atoms. The van der Waals surface area contributed by atoms with Crippen LogP contribution in [0, 0.1) is 6.92 Å². The van der Waals surface area contributed by atoms with Crippen LogP contribution in [0.3, 0.4) is 0 Å². The lowest BCUT2D eigenvalue weighted by Crippen LogP contribution is -2.13. The molecule has 0 spiro atoms. The number of amides is 1. The highest BCUT2D eigenvalue weighted by molar-refractivity contribution is 6.05. The summed E-state index contributed by atoms with van der Waals surface area (Å²) >= 11 is 0. The number of pyridine rings is 1. The second-order valence-electron chi connectivity index (χ2n) is 5.82. The van der Waals surface area contributed by atoms with Crippen LogP contribution in [0.2, 0.25) is 0 Å². The Hall–Kier alpha value is -3.50. The van der Waals surface area contributed by atoms with Gasteiger partial charge in [-0.3, -0.25) is 4.79 Å². The Balaban J connectivity index is 1.75. The van der Waals surface area contributed by atoms with Crippen LogP contribution in [0.5, 0.6) is 5.75 Å². The van der Waals surface area contributed by atoms with E-state index in [9.17, 15) is 26.7 Å². The largest absolute Gasteiger partial charge is 0.435 e. The van der Waals surface area contributed by atoms with Gasteiger partial charge < -0.3 is 10.1 Å². The van der Waals surface area contributed by atoms with Crippen LogP contribution >= 0.6 is 0 Å². The van der Waals surface area contributed by atoms with E-state index in [1.165, 1.54) is 35.1 Å². The average Bonchev–Trinajstić information content (AvgIpc) is 3.04. The minimum absolute atomic E-state index is 0.0598. The summed E-state index contributed by atoms with van der Waals surface area (Å²) in [5, 5.41) is 6.56. The van der Waals surface area contributed by atoms with Gasteiger partial charge in [-0.05, 0) is 43.3 Å². The van der Waals surface area contributed by atoms with Gasteiger partial charge in [0.1, 0.15) is 5.75 Å². The lowest BCUT2D eigenvalue weighted by atomic mass is 10.2. The fourth-order valence-electron chi connectivity index (χ4n) is 2.46. The van der Waals surface area contributed by atoms with Crippen molar-refractivity contribution in [2.45, 2.75) is 19.7 Å². The van der Waals surface area contributed by atoms with Gasteiger partial charge in [-0.2, -0.15) is 27.1 Å².